The molecule has 0 aliphatic heterocycles. The summed E-state index contributed by atoms with van der Waals surface area (Å²) in [5.41, 5.74) is 0. The largest absolute Gasteiger partial charge is 0.133 e. The molecule has 0 aliphatic carbocycles. The van der Waals surface area contributed by atoms with E-state index in [1.807, 2.05) is 11.3 Å². The van der Waals surface area contributed by atoms with Crippen LogP contribution in [0.3, 0.4) is 0 Å². The van der Waals surface area contributed by atoms with Gasteiger partial charge in [-0.05, 0) is 46.8 Å². The molecule has 74 valence electrons. The van der Waals surface area contributed by atoms with Gasteiger partial charge in [0.2, 0.25) is 0 Å². The van der Waals surface area contributed by atoms with Crippen LogP contribution < -0.4 is 0 Å². The second kappa shape index (κ2) is 6.20. The van der Waals surface area contributed by atoms with Crippen LogP contribution in [0.25, 0.3) is 0 Å². The molecule has 0 spiro atoms. The van der Waals surface area contributed by atoms with Crippen molar-refractivity contribution >= 4 is 43.2 Å². The van der Waals surface area contributed by atoms with Gasteiger partial charge in [0.05, 0.1) is 3.79 Å². The average Bonchev–Trinajstić information content (AvgIpc) is 2.50. The second-order valence-electron chi connectivity index (χ2n) is 3.22. The lowest BCUT2D eigenvalue weighted by Crippen LogP contribution is -2.04. The van der Waals surface area contributed by atoms with E-state index in [9.17, 15) is 0 Å². The normalized spacial score (nSPS) is 13.2. The minimum absolute atomic E-state index is 0.801. The molecule has 0 aromatic carbocycles. The molecule has 1 rings (SSSR count). The van der Waals surface area contributed by atoms with Crippen molar-refractivity contribution in [2.45, 2.75) is 26.2 Å². The van der Waals surface area contributed by atoms with E-state index in [1.54, 1.807) is 0 Å². The van der Waals surface area contributed by atoms with Gasteiger partial charge in [0.1, 0.15) is 0 Å². The second-order valence-corrected chi connectivity index (χ2v) is 6.41. The third-order valence-electron chi connectivity index (χ3n) is 2.03. The molecule has 0 bridgehead atoms. The molecule has 0 fully saturated rings. The Labute approximate surface area is 101 Å². The Bertz CT molecular complexity index is 245. The first kappa shape index (κ1) is 11.7. The maximum absolute atomic E-state index is 3.57. The lowest BCUT2D eigenvalue weighted by molar-refractivity contribution is 0.538. The summed E-state index contributed by atoms with van der Waals surface area (Å²) < 4.78 is 1.24. The molecule has 1 atom stereocenters. The third-order valence-corrected chi connectivity index (χ3v) is 4.60. The Balaban J connectivity index is 2.46. The molecule has 13 heavy (non-hydrogen) atoms. The molecule has 0 aliphatic rings. The number of alkyl halides is 1. The summed E-state index contributed by atoms with van der Waals surface area (Å²) in [7, 11) is 0. The van der Waals surface area contributed by atoms with Gasteiger partial charge in [0, 0.05) is 10.2 Å². The first-order valence-corrected chi connectivity index (χ1v) is 7.29. The zero-order chi connectivity index (χ0) is 9.68. The van der Waals surface area contributed by atoms with Crippen molar-refractivity contribution in [2.75, 3.05) is 5.33 Å². The van der Waals surface area contributed by atoms with Crippen LogP contribution in [-0.2, 0) is 6.42 Å². The first-order chi connectivity index (χ1) is 6.26. The van der Waals surface area contributed by atoms with Crippen molar-refractivity contribution in [1.29, 1.82) is 0 Å². The van der Waals surface area contributed by atoms with Gasteiger partial charge in [0.15, 0.2) is 0 Å². The van der Waals surface area contributed by atoms with E-state index in [4.69, 9.17) is 0 Å². The predicted octanol–water partition coefficient (Wildman–Crippen LogP) is 4.86. The quantitative estimate of drug-likeness (QED) is 0.678. The summed E-state index contributed by atoms with van der Waals surface area (Å²) >= 11 is 8.92. The Hall–Kier alpha value is 0.660. The molecule has 3 heteroatoms. The summed E-state index contributed by atoms with van der Waals surface area (Å²) in [4.78, 5) is 1.49. The zero-order valence-corrected chi connectivity index (χ0v) is 11.7. The van der Waals surface area contributed by atoms with Gasteiger partial charge in [-0.1, -0.05) is 29.3 Å². The fourth-order valence-electron chi connectivity index (χ4n) is 1.39. The molecule has 1 aromatic rings. The van der Waals surface area contributed by atoms with Crippen molar-refractivity contribution in [3.63, 3.8) is 0 Å². The van der Waals surface area contributed by atoms with E-state index in [0.29, 0.717) is 0 Å². The maximum atomic E-state index is 3.57. The van der Waals surface area contributed by atoms with Crippen LogP contribution in [0.2, 0.25) is 0 Å². The maximum Gasteiger partial charge on any atom is 0.0701 e. The summed E-state index contributed by atoms with van der Waals surface area (Å²) in [5, 5.41) is 1.12. The fraction of sp³-hybridized carbons (Fsp3) is 0.600. The Kier molecular flexibility index (Phi) is 5.60. The number of hydrogen-bond donors (Lipinski definition) is 0. The molecule has 1 heterocycles. The van der Waals surface area contributed by atoms with Crippen LogP contribution in [-0.4, -0.2) is 5.33 Å². The molecule has 0 saturated heterocycles. The van der Waals surface area contributed by atoms with Crippen LogP contribution in [0.4, 0.5) is 0 Å². The highest BCUT2D eigenvalue weighted by atomic mass is 79.9. The van der Waals surface area contributed by atoms with Crippen LogP contribution in [0.15, 0.2) is 15.9 Å². The van der Waals surface area contributed by atoms with Gasteiger partial charge in [-0.2, -0.15) is 0 Å². The van der Waals surface area contributed by atoms with E-state index < -0.39 is 0 Å². The highest BCUT2D eigenvalue weighted by Crippen LogP contribution is 2.26. The summed E-state index contributed by atoms with van der Waals surface area (Å²) in [6.45, 7) is 2.25. The van der Waals surface area contributed by atoms with E-state index in [1.165, 1.54) is 27.9 Å². The predicted molar refractivity (Wildman–Crippen MR) is 67.9 cm³/mol. The van der Waals surface area contributed by atoms with Gasteiger partial charge < -0.3 is 0 Å². The molecule has 1 aromatic heterocycles. The van der Waals surface area contributed by atoms with Crippen molar-refractivity contribution in [3.05, 3.63) is 20.8 Å². The summed E-state index contributed by atoms with van der Waals surface area (Å²) in [6.07, 6.45) is 3.82. The summed E-state index contributed by atoms with van der Waals surface area (Å²) in [5.74, 6) is 0.801. The number of thiophene rings is 1. The Morgan fingerprint density at radius 2 is 2.23 bits per heavy atom. The first-order valence-electron chi connectivity index (χ1n) is 4.56. The zero-order valence-electron chi connectivity index (χ0n) is 7.72. The number of halogens is 2. The SMILES string of the molecule is CCCC(CBr)Cc1ccc(Br)s1. The van der Waals surface area contributed by atoms with E-state index in [0.717, 1.165) is 11.2 Å². The summed E-state index contributed by atoms with van der Waals surface area (Å²) in [6, 6.07) is 4.36. The smallest absolute Gasteiger partial charge is 0.0701 e. The van der Waals surface area contributed by atoms with Crippen LogP contribution in [0.1, 0.15) is 24.6 Å². The van der Waals surface area contributed by atoms with Crippen molar-refractivity contribution in [3.8, 4) is 0 Å². The monoisotopic (exact) mass is 324 g/mol. The van der Waals surface area contributed by atoms with Gasteiger partial charge >= 0.3 is 0 Å². The Morgan fingerprint density at radius 1 is 1.46 bits per heavy atom. The minimum Gasteiger partial charge on any atom is -0.133 e. The van der Waals surface area contributed by atoms with E-state index in [-0.39, 0.29) is 0 Å². The highest BCUT2D eigenvalue weighted by molar-refractivity contribution is 9.11. The van der Waals surface area contributed by atoms with Crippen molar-refractivity contribution in [2.24, 2.45) is 5.92 Å². The number of rotatable bonds is 5. The van der Waals surface area contributed by atoms with E-state index in [2.05, 4.69) is 50.9 Å². The molecule has 0 saturated carbocycles. The lowest BCUT2D eigenvalue weighted by atomic mass is 10.0. The lowest BCUT2D eigenvalue weighted by Gasteiger charge is -2.10. The molecule has 1 unspecified atom stereocenters. The van der Waals surface area contributed by atoms with Crippen LogP contribution >= 0.6 is 43.2 Å². The Morgan fingerprint density at radius 3 is 2.69 bits per heavy atom. The van der Waals surface area contributed by atoms with Gasteiger partial charge in [0.25, 0.3) is 0 Å². The molecule has 0 nitrogen and oxygen atoms in total. The standard InChI is InChI=1S/C10H14Br2S/c1-2-3-8(7-11)6-9-4-5-10(12)13-9/h4-5,8H,2-3,6-7H2,1H3. The fourth-order valence-corrected chi connectivity index (χ4v) is 3.54. The van der Waals surface area contributed by atoms with Crippen LogP contribution in [0, 0.1) is 5.92 Å². The minimum atomic E-state index is 0.801. The molecule has 0 radical (unpaired) electrons. The molecule has 0 N–H and O–H groups in total. The van der Waals surface area contributed by atoms with Gasteiger partial charge in [-0.25, -0.2) is 0 Å². The van der Waals surface area contributed by atoms with Crippen LogP contribution in [0.5, 0.6) is 0 Å². The van der Waals surface area contributed by atoms with E-state index >= 15 is 0 Å². The van der Waals surface area contributed by atoms with Gasteiger partial charge in [-0.3, -0.25) is 0 Å². The average molecular weight is 326 g/mol. The van der Waals surface area contributed by atoms with Gasteiger partial charge in [-0.15, -0.1) is 11.3 Å². The third kappa shape index (κ3) is 4.13. The molecular formula is C10H14Br2S. The van der Waals surface area contributed by atoms with Crippen molar-refractivity contribution in [1.82, 2.24) is 0 Å². The number of hydrogen-bond acceptors (Lipinski definition) is 1. The topological polar surface area (TPSA) is 0 Å². The molecular weight excluding hydrogens is 312 g/mol. The molecule has 0 amide bonds. The van der Waals surface area contributed by atoms with Crippen molar-refractivity contribution < 1.29 is 0 Å². The highest BCUT2D eigenvalue weighted by Gasteiger charge is 2.08.